The van der Waals surface area contributed by atoms with Crippen molar-refractivity contribution < 1.29 is 4.39 Å². The minimum atomic E-state index is -0.300. The molecular weight excluding hydrogens is 409 g/mol. The van der Waals surface area contributed by atoms with E-state index < -0.39 is 0 Å². The number of hydrogen-bond acceptors (Lipinski definition) is 5. The Kier molecular flexibility index (Phi) is 6.36. The summed E-state index contributed by atoms with van der Waals surface area (Å²) in [5.41, 5.74) is 2.53. The Labute approximate surface area is 166 Å². The summed E-state index contributed by atoms with van der Waals surface area (Å²) in [6.07, 6.45) is 0. The predicted molar refractivity (Wildman–Crippen MR) is 112 cm³/mol. The van der Waals surface area contributed by atoms with Gasteiger partial charge in [0, 0.05) is 29.2 Å². The summed E-state index contributed by atoms with van der Waals surface area (Å²) in [5.74, 6) is 0.869. The summed E-state index contributed by atoms with van der Waals surface area (Å²) < 4.78 is 14.0. The largest absolute Gasteiger partial charge is 0.353 e. The number of hydrogen-bond donors (Lipinski definition) is 2. The van der Waals surface area contributed by atoms with Crippen molar-refractivity contribution >= 4 is 33.4 Å². The Morgan fingerprint density at radius 3 is 2.52 bits per heavy atom. The number of anilines is 3. The monoisotopic (exact) mass is 429 g/mol. The van der Waals surface area contributed by atoms with Crippen LogP contribution in [0.4, 0.5) is 21.8 Å². The summed E-state index contributed by atoms with van der Waals surface area (Å²) in [5, 5.41) is 6.49. The van der Waals surface area contributed by atoms with Crippen LogP contribution in [-0.4, -0.2) is 42.1 Å². The maximum Gasteiger partial charge on any atom is 0.225 e. The molecule has 0 aliphatic rings. The minimum Gasteiger partial charge on any atom is -0.353 e. The summed E-state index contributed by atoms with van der Waals surface area (Å²) in [4.78, 5) is 11.3. The summed E-state index contributed by atoms with van der Waals surface area (Å²) >= 11 is 3.38. The van der Waals surface area contributed by atoms with Crippen LogP contribution in [0.3, 0.4) is 0 Å². The SMILES string of the molecule is CN(C)CCNc1nc(Nc2ccc(F)cc2Br)cc(-c2ccccc2)n1. The molecule has 0 saturated carbocycles. The van der Waals surface area contributed by atoms with Gasteiger partial charge in [-0.2, -0.15) is 4.98 Å². The lowest BCUT2D eigenvalue weighted by Gasteiger charge is -2.14. The molecule has 0 atom stereocenters. The quantitative estimate of drug-likeness (QED) is 0.566. The van der Waals surface area contributed by atoms with E-state index in [0.29, 0.717) is 16.2 Å². The third-order valence-corrected chi connectivity index (χ3v) is 4.49. The van der Waals surface area contributed by atoms with Crippen LogP contribution in [0.2, 0.25) is 0 Å². The van der Waals surface area contributed by atoms with E-state index in [9.17, 15) is 4.39 Å². The van der Waals surface area contributed by atoms with Crippen molar-refractivity contribution in [1.29, 1.82) is 0 Å². The van der Waals surface area contributed by atoms with E-state index in [0.717, 1.165) is 30.0 Å². The fraction of sp³-hybridized carbons (Fsp3) is 0.200. The van der Waals surface area contributed by atoms with Gasteiger partial charge in [0.15, 0.2) is 0 Å². The summed E-state index contributed by atoms with van der Waals surface area (Å²) in [7, 11) is 4.03. The molecule has 3 rings (SSSR count). The van der Waals surface area contributed by atoms with Gasteiger partial charge in [-0.15, -0.1) is 0 Å². The molecular formula is C20H21BrFN5. The van der Waals surface area contributed by atoms with Gasteiger partial charge in [-0.1, -0.05) is 30.3 Å². The van der Waals surface area contributed by atoms with Crippen LogP contribution in [0.15, 0.2) is 59.1 Å². The lowest BCUT2D eigenvalue weighted by molar-refractivity contribution is 0.425. The molecule has 0 bridgehead atoms. The molecule has 0 amide bonds. The van der Waals surface area contributed by atoms with E-state index in [1.54, 1.807) is 6.07 Å². The van der Waals surface area contributed by atoms with E-state index >= 15 is 0 Å². The molecule has 0 radical (unpaired) electrons. The van der Waals surface area contributed by atoms with Crippen LogP contribution in [0.25, 0.3) is 11.3 Å². The first kappa shape index (κ1) is 19.3. The number of nitrogens with zero attached hydrogens (tertiary/aromatic N) is 3. The number of likely N-dealkylation sites (N-methyl/N-ethyl adjacent to an activating group) is 1. The van der Waals surface area contributed by atoms with E-state index in [1.807, 2.05) is 50.5 Å². The molecule has 3 aromatic rings. The summed E-state index contributed by atoms with van der Waals surface area (Å²) in [6, 6.07) is 16.3. The lowest BCUT2D eigenvalue weighted by atomic mass is 10.1. The molecule has 0 fully saturated rings. The van der Waals surface area contributed by atoms with Crippen molar-refractivity contribution in [2.45, 2.75) is 0 Å². The van der Waals surface area contributed by atoms with E-state index in [1.165, 1.54) is 12.1 Å². The number of nitrogens with one attached hydrogen (secondary N) is 2. The molecule has 1 heterocycles. The Morgan fingerprint density at radius 2 is 1.81 bits per heavy atom. The van der Waals surface area contributed by atoms with E-state index in [4.69, 9.17) is 0 Å². The molecule has 0 spiro atoms. The molecule has 7 heteroatoms. The van der Waals surface area contributed by atoms with Crippen molar-refractivity contribution in [3.05, 3.63) is 64.9 Å². The molecule has 1 aromatic heterocycles. The fourth-order valence-corrected chi connectivity index (χ4v) is 2.92. The average Bonchev–Trinajstić information content (AvgIpc) is 2.64. The third-order valence-electron chi connectivity index (χ3n) is 3.83. The van der Waals surface area contributed by atoms with Gasteiger partial charge < -0.3 is 15.5 Å². The topological polar surface area (TPSA) is 53.1 Å². The van der Waals surface area contributed by atoms with Gasteiger partial charge in [0.05, 0.1) is 11.4 Å². The van der Waals surface area contributed by atoms with Gasteiger partial charge in [-0.25, -0.2) is 9.37 Å². The smallest absolute Gasteiger partial charge is 0.225 e. The standard InChI is InChI=1S/C20H21BrFN5/c1-27(2)11-10-23-20-25-18(14-6-4-3-5-7-14)13-19(26-20)24-17-9-8-15(22)12-16(17)21/h3-9,12-13H,10-11H2,1-2H3,(H2,23,24,25,26). The van der Waals surface area contributed by atoms with Crippen LogP contribution in [-0.2, 0) is 0 Å². The van der Waals surface area contributed by atoms with Crippen molar-refractivity contribution in [1.82, 2.24) is 14.9 Å². The normalized spacial score (nSPS) is 10.9. The van der Waals surface area contributed by atoms with Gasteiger partial charge in [-0.05, 0) is 48.2 Å². The van der Waals surface area contributed by atoms with Crippen molar-refractivity contribution in [2.75, 3.05) is 37.8 Å². The highest BCUT2D eigenvalue weighted by Gasteiger charge is 2.09. The van der Waals surface area contributed by atoms with Crippen molar-refractivity contribution in [3.63, 3.8) is 0 Å². The van der Waals surface area contributed by atoms with Gasteiger partial charge in [0.2, 0.25) is 5.95 Å². The van der Waals surface area contributed by atoms with Crippen LogP contribution in [0.5, 0.6) is 0 Å². The van der Waals surface area contributed by atoms with Crippen molar-refractivity contribution in [3.8, 4) is 11.3 Å². The maximum absolute atomic E-state index is 13.3. The molecule has 0 aliphatic carbocycles. The Bertz CT molecular complexity index is 902. The molecule has 27 heavy (non-hydrogen) atoms. The van der Waals surface area contributed by atoms with Crippen LogP contribution in [0, 0.1) is 5.82 Å². The van der Waals surface area contributed by atoms with Crippen molar-refractivity contribution in [2.24, 2.45) is 0 Å². The molecule has 140 valence electrons. The highest BCUT2D eigenvalue weighted by atomic mass is 79.9. The molecule has 0 unspecified atom stereocenters. The van der Waals surface area contributed by atoms with Gasteiger partial charge in [0.1, 0.15) is 11.6 Å². The number of rotatable bonds is 7. The highest BCUT2D eigenvalue weighted by Crippen LogP contribution is 2.28. The average molecular weight is 430 g/mol. The number of halogens is 2. The van der Waals surface area contributed by atoms with Gasteiger partial charge >= 0.3 is 0 Å². The minimum absolute atomic E-state index is 0.300. The molecule has 5 nitrogen and oxygen atoms in total. The Balaban J connectivity index is 1.91. The first-order valence-corrected chi connectivity index (χ1v) is 9.36. The second-order valence-electron chi connectivity index (χ2n) is 6.31. The fourth-order valence-electron chi connectivity index (χ4n) is 2.47. The Hall–Kier alpha value is -2.51. The number of benzene rings is 2. The molecule has 0 saturated heterocycles. The molecule has 2 N–H and O–H groups in total. The first-order valence-electron chi connectivity index (χ1n) is 8.56. The van der Waals surface area contributed by atoms with Crippen LogP contribution >= 0.6 is 15.9 Å². The van der Waals surface area contributed by atoms with Crippen LogP contribution in [0.1, 0.15) is 0 Å². The third kappa shape index (κ3) is 5.48. The second kappa shape index (κ2) is 8.92. The lowest BCUT2D eigenvalue weighted by Crippen LogP contribution is -2.21. The van der Waals surface area contributed by atoms with E-state index in [-0.39, 0.29) is 5.82 Å². The summed E-state index contributed by atoms with van der Waals surface area (Å²) in [6.45, 7) is 1.59. The predicted octanol–water partition coefficient (Wildman–Crippen LogP) is 4.76. The highest BCUT2D eigenvalue weighted by molar-refractivity contribution is 9.10. The Morgan fingerprint density at radius 1 is 1.04 bits per heavy atom. The zero-order valence-electron chi connectivity index (χ0n) is 15.2. The maximum atomic E-state index is 13.3. The molecule has 2 aromatic carbocycles. The first-order chi connectivity index (χ1) is 13.0. The van der Waals surface area contributed by atoms with E-state index in [2.05, 4.69) is 41.4 Å². The van der Waals surface area contributed by atoms with Gasteiger partial charge in [0.25, 0.3) is 0 Å². The molecule has 0 aliphatic heterocycles. The zero-order valence-corrected chi connectivity index (χ0v) is 16.8. The zero-order chi connectivity index (χ0) is 19.2. The van der Waals surface area contributed by atoms with Crippen LogP contribution < -0.4 is 10.6 Å². The van der Waals surface area contributed by atoms with Gasteiger partial charge in [-0.3, -0.25) is 0 Å². The number of aromatic nitrogens is 2. The second-order valence-corrected chi connectivity index (χ2v) is 7.16.